The maximum absolute atomic E-state index is 13.1. The molecular formula is C25H30N2O8S. The van der Waals surface area contributed by atoms with Gasteiger partial charge in [-0.1, -0.05) is 6.42 Å². The Labute approximate surface area is 210 Å². The molecule has 1 fully saturated rings. The fourth-order valence-electron chi connectivity index (χ4n) is 4.01. The number of carbonyl (C=O) groups excluding carboxylic acids is 3. The number of nitrogens with zero attached hydrogens (tertiary/aromatic N) is 1. The minimum Gasteiger partial charge on any atom is -0.496 e. The molecule has 10 nitrogen and oxygen atoms in total. The third-order valence-electron chi connectivity index (χ3n) is 5.95. The first-order valence-corrected chi connectivity index (χ1v) is 12.9. The summed E-state index contributed by atoms with van der Waals surface area (Å²) in [5.41, 5.74) is 0.883. The number of benzene rings is 2. The number of ether oxygens (including phenoxy) is 3. The number of hydrogen-bond donors (Lipinski definition) is 1. The number of esters is 2. The lowest BCUT2D eigenvalue weighted by Gasteiger charge is -2.26. The topological polar surface area (TPSA) is 128 Å². The molecule has 0 aromatic heterocycles. The molecule has 1 N–H and O–H groups in total. The van der Waals surface area contributed by atoms with Gasteiger partial charge in [0.1, 0.15) is 5.75 Å². The van der Waals surface area contributed by atoms with Crippen LogP contribution in [0.1, 0.15) is 52.0 Å². The number of aryl methyl sites for hydroxylation is 1. The molecule has 3 rings (SSSR count). The van der Waals surface area contributed by atoms with Gasteiger partial charge in [0, 0.05) is 19.5 Å². The number of sulfonamides is 1. The second-order valence-electron chi connectivity index (χ2n) is 8.23. The van der Waals surface area contributed by atoms with Crippen molar-refractivity contribution in [3.8, 4) is 5.75 Å². The predicted molar refractivity (Wildman–Crippen MR) is 132 cm³/mol. The highest BCUT2D eigenvalue weighted by molar-refractivity contribution is 7.89. The van der Waals surface area contributed by atoms with Gasteiger partial charge in [-0.05, 0) is 61.2 Å². The van der Waals surface area contributed by atoms with Crippen LogP contribution in [0.15, 0.2) is 41.3 Å². The van der Waals surface area contributed by atoms with Crippen LogP contribution in [0, 0.1) is 0 Å². The normalized spacial score (nSPS) is 14.1. The molecule has 0 bridgehead atoms. The van der Waals surface area contributed by atoms with Crippen LogP contribution in [0.4, 0.5) is 5.69 Å². The zero-order valence-corrected chi connectivity index (χ0v) is 21.4. The van der Waals surface area contributed by atoms with Gasteiger partial charge in [-0.25, -0.2) is 18.0 Å². The number of anilines is 1. The SMILES string of the molecule is COC(=O)c1ccc(C(=O)OC)c(NC(=O)CCc2cc(S(=O)(=O)N3CCCCC3)ccc2OC)c1. The molecule has 194 valence electrons. The van der Waals surface area contributed by atoms with Gasteiger partial charge in [-0.3, -0.25) is 4.79 Å². The van der Waals surface area contributed by atoms with Crippen LogP contribution in [0.25, 0.3) is 0 Å². The molecule has 0 aliphatic carbocycles. The van der Waals surface area contributed by atoms with E-state index in [0.717, 1.165) is 19.3 Å². The van der Waals surface area contributed by atoms with Gasteiger partial charge in [0.05, 0.1) is 43.0 Å². The standard InChI is InChI=1S/C25H30N2O8S/c1-33-22-11-9-19(36(31,32)27-13-5-4-6-14-27)15-17(22)8-12-23(28)26-21-16-18(24(29)34-2)7-10-20(21)25(30)35-3/h7,9-11,15-16H,4-6,8,12-14H2,1-3H3,(H,26,28). The Balaban J connectivity index is 1.79. The third-order valence-corrected chi connectivity index (χ3v) is 7.84. The first-order valence-electron chi connectivity index (χ1n) is 11.5. The summed E-state index contributed by atoms with van der Waals surface area (Å²) in [6.45, 7) is 0.971. The summed E-state index contributed by atoms with van der Waals surface area (Å²) in [5.74, 6) is -1.30. The van der Waals surface area contributed by atoms with Gasteiger partial charge in [-0.15, -0.1) is 0 Å². The van der Waals surface area contributed by atoms with Crippen molar-refractivity contribution in [1.82, 2.24) is 4.31 Å². The maximum atomic E-state index is 13.1. The largest absolute Gasteiger partial charge is 0.496 e. The second kappa shape index (κ2) is 12.0. The first kappa shape index (κ1) is 27.2. The predicted octanol–water partition coefficient (Wildman–Crippen LogP) is 3.01. The highest BCUT2D eigenvalue weighted by atomic mass is 32.2. The minimum absolute atomic E-state index is 0.0351. The summed E-state index contributed by atoms with van der Waals surface area (Å²) in [7, 11) is 0.254. The minimum atomic E-state index is -3.65. The van der Waals surface area contributed by atoms with E-state index in [4.69, 9.17) is 14.2 Å². The van der Waals surface area contributed by atoms with Gasteiger partial charge >= 0.3 is 11.9 Å². The first-order chi connectivity index (χ1) is 17.2. The zero-order chi connectivity index (χ0) is 26.3. The average molecular weight is 519 g/mol. The number of hydrogen-bond acceptors (Lipinski definition) is 8. The molecule has 1 aliphatic heterocycles. The molecule has 2 aromatic carbocycles. The molecule has 1 amide bonds. The van der Waals surface area contributed by atoms with Crippen LogP contribution in [0.3, 0.4) is 0 Å². The zero-order valence-electron chi connectivity index (χ0n) is 20.5. The van der Waals surface area contributed by atoms with Gasteiger partial charge in [0.15, 0.2) is 0 Å². The van der Waals surface area contributed by atoms with Crippen LogP contribution >= 0.6 is 0 Å². The highest BCUT2D eigenvalue weighted by Crippen LogP contribution is 2.27. The smallest absolute Gasteiger partial charge is 0.339 e. The summed E-state index contributed by atoms with van der Waals surface area (Å²) in [5, 5.41) is 2.63. The average Bonchev–Trinajstić information content (AvgIpc) is 2.91. The number of nitrogens with one attached hydrogen (secondary N) is 1. The van der Waals surface area contributed by atoms with E-state index < -0.39 is 27.9 Å². The van der Waals surface area contributed by atoms with Crippen molar-refractivity contribution in [1.29, 1.82) is 0 Å². The van der Waals surface area contributed by atoms with E-state index in [0.29, 0.717) is 24.4 Å². The Morgan fingerprint density at radius 2 is 1.61 bits per heavy atom. The van der Waals surface area contributed by atoms with Gasteiger partial charge < -0.3 is 19.5 Å². The lowest BCUT2D eigenvalue weighted by atomic mass is 10.1. The summed E-state index contributed by atoms with van der Waals surface area (Å²) in [6.07, 6.45) is 2.81. The van der Waals surface area contributed by atoms with E-state index in [-0.39, 0.29) is 34.6 Å². The second-order valence-corrected chi connectivity index (χ2v) is 10.2. The molecule has 0 spiro atoms. The summed E-state index contributed by atoms with van der Waals surface area (Å²) < 4.78 is 42.5. The van der Waals surface area contributed by atoms with Crippen molar-refractivity contribution < 1.29 is 37.0 Å². The number of methoxy groups -OCH3 is 3. The van der Waals surface area contributed by atoms with Gasteiger partial charge in [0.2, 0.25) is 15.9 Å². The molecule has 36 heavy (non-hydrogen) atoms. The molecule has 0 atom stereocenters. The fourth-order valence-corrected chi connectivity index (χ4v) is 5.57. The van der Waals surface area contributed by atoms with E-state index in [1.165, 1.54) is 56.0 Å². The van der Waals surface area contributed by atoms with Gasteiger partial charge in [0.25, 0.3) is 0 Å². The van der Waals surface area contributed by atoms with E-state index in [1.807, 2.05) is 0 Å². The monoisotopic (exact) mass is 518 g/mol. The Morgan fingerprint density at radius 1 is 0.917 bits per heavy atom. The molecule has 0 unspecified atom stereocenters. The summed E-state index contributed by atoms with van der Waals surface area (Å²) >= 11 is 0. The molecule has 1 aliphatic rings. The van der Waals surface area contributed by atoms with E-state index in [9.17, 15) is 22.8 Å². The van der Waals surface area contributed by atoms with E-state index in [2.05, 4.69) is 5.32 Å². The Bertz CT molecular complexity index is 1240. The summed E-state index contributed by atoms with van der Waals surface area (Å²) in [6, 6.07) is 8.72. The van der Waals surface area contributed by atoms with Crippen molar-refractivity contribution in [3.05, 3.63) is 53.1 Å². The van der Waals surface area contributed by atoms with Crippen molar-refractivity contribution in [2.45, 2.75) is 37.0 Å². The number of amides is 1. The quantitative estimate of drug-likeness (QED) is 0.502. The lowest BCUT2D eigenvalue weighted by Crippen LogP contribution is -2.35. The highest BCUT2D eigenvalue weighted by Gasteiger charge is 2.27. The van der Waals surface area contributed by atoms with E-state index >= 15 is 0 Å². The number of rotatable bonds is 9. The molecule has 2 aromatic rings. The van der Waals surface area contributed by atoms with Crippen LogP contribution < -0.4 is 10.1 Å². The fraction of sp³-hybridized carbons (Fsp3) is 0.400. The number of piperidine rings is 1. The third kappa shape index (κ3) is 6.21. The van der Waals surface area contributed by atoms with Crippen molar-refractivity contribution in [3.63, 3.8) is 0 Å². The molecule has 0 radical (unpaired) electrons. The van der Waals surface area contributed by atoms with E-state index in [1.54, 1.807) is 6.07 Å². The molecule has 1 saturated heterocycles. The Kier molecular flexibility index (Phi) is 9.05. The molecule has 11 heteroatoms. The van der Waals surface area contributed by atoms with Crippen LogP contribution in [-0.2, 0) is 30.7 Å². The van der Waals surface area contributed by atoms with Crippen LogP contribution in [0.5, 0.6) is 5.75 Å². The Morgan fingerprint density at radius 3 is 2.25 bits per heavy atom. The van der Waals surface area contributed by atoms with Crippen molar-refractivity contribution in [2.24, 2.45) is 0 Å². The lowest BCUT2D eigenvalue weighted by molar-refractivity contribution is -0.116. The number of carbonyl (C=O) groups is 3. The maximum Gasteiger partial charge on any atom is 0.339 e. The van der Waals surface area contributed by atoms with Crippen molar-refractivity contribution in [2.75, 3.05) is 39.7 Å². The van der Waals surface area contributed by atoms with Crippen LogP contribution in [0.2, 0.25) is 0 Å². The Hall–Kier alpha value is -3.44. The van der Waals surface area contributed by atoms with Crippen molar-refractivity contribution >= 4 is 33.6 Å². The molecule has 1 heterocycles. The molecular weight excluding hydrogens is 488 g/mol. The van der Waals surface area contributed by atoms with Gasteiger partial charge in [-0.2, -0.15) is 4.31 Å². The van der Waals surface area contributed by atoms with Crippen LogP contribution in [-0.4, -0.2) is 65.0 Å². The molecule has 0 saturated carbocycles. The summed E-state index contributed by atoms with van der Waals surface area (Å²) in [4.78, 5) is 37.0.